The van der Waals surface area contributed by atoms with Crippen LogP contribution in [0.4, 0.5) is 0 Å². The number of hydrogen-bond acceptors (Lipinski definition) is 2. The van der Waals surface area contributed by atoms with Gasteiger partial charge in [0.15, 0.2) is 0 Å². The zero-order valence-electron chi connectivity index (χ0n) is 14.5. The fourth-order valence-corrected chi connectivity index (χ4v) is 3.04. The molecule has 1 N–H and O–H groups in total. The van der Waals surface area contributed by atoms with Crippen LogP contribution < -0.4 is 0 Å². The Bertz CT molecular complexity index is 923. The summed E-state index contributed by atoms with van der Waals surface area (Å²) >= 11 is 0. The van der Waals surface area contributed by atoms with Crippen molar-refractivity contribution in [3.63, 3.8) is 0 Å². The molecule has 0 spiro atoms. The van der Waals surface area contributed by atoms with Crippen LogP contribution in [-0.4, -0.2) is 20.6 Å². The molecular weight excluding hydrogens is 300 g/mol. The lowest BCUT2D eigenvalue weighted by molar-refractivity contribution is 0.0695. The SMILES string of the molecule is Cc1cc2nc(C(C)C)n(Cc3ccccc3C(=O)O)c2cc1C. The molecule has 0 amide bonds. The summed E-state index contributed by atoms with van der Waals surface area (Å²) in [6.07, 6.45) is 0. The Morgan fingerprint density at radius 3 is 2.50 bits per heavy atom. The monoisotopic (exact) mass is 322 g/mol. The lowest BCUT2D eigenvalue weighted by Crippen LogP contribution is -2.10. The average Bonchev–Trinajstić information content (AvgIpc) is 2.86. The first-order chi connectivity index (χ1) is 11.4. The van der Waals surface area contributed by atoms with Gasteiger partial charge in [-0.15, -0.1) is 0 Å². The number of carboxylic acid groups (broad SMARTS) is 1. The van der Waals surface area contributed by atoms with Crippen LogP contribution in [0.3, 0.4) is 0 Å². The van der Waals surface area contributed by atoms with Gasteiger partial charge in [0.05, 0.1) is 23.1 Å². The van der Waals surface area contributed by atoms with Crippen LogP contribution in [0.1, 0.15) is 52.6 Å². The molecule has 124 valence electrons. The maximum absolute atomic E-state index is 11.5. The Kier molecular flexibility index (Phi) is 4.14. The summed E-state index contributed by atoms with van der Waals surface area (Å²) in [5.41, 5.74) is 5.60. The number of aryl methyl sites for hydroxylation is 2. The molecule has 0 bridgehead atoms. The van der Waals surface area contributed by atoms with Crippen molar-refractivity contribution in [2.45, 2.75) is 40.2 Å². The highest BCUT2D eigenvalue weighted by atomic mass is 16.4. The van der Waals surface area contributed by atoms with Crippen LogP contribution in [0.2, 0.25) is 0 Å². The molecule has 0 unspecified atom stereocenters. The van der Waals surface area contributed by atoms with Crippen LogP contribution in [-0.2, 0) is 6.54 Å². The zero-order valence-corrected chi connectivity index (χ0v) is 14.5. The fraction of sp³-hybridized carbons (Fsp3) is 0.300. The molecule has 1 aromatic heterocycles. The van der Waals surface area contributed by atoms with E-state index in [0.29, 0.717) is 12.1 Å². The van der Waals surface area contributed by atoms with Crippen molar-refractivity contribution in [3.05, 3.63) is 64.5 Å². The molecule has 1 heterocycles. The Morgan fingerprint density at radius 1 is 1.17 bits per heavy atom. The topological polar surface area (TPSA) is 55.1 Å². The molecule has 0 fully saturated rings. The summed E-state index contributed by atoms with van der Waals surface area (Å²) in [4.78, 5) is 16.3. The molecule has 3 aromatic rings. The van der Waals surface area contributed by atoms with Crippen LogP contribution in [0.5, 0.6) is 0 Å². The maximum Gasteiger partial charge on any atom is 0.336 e. The van der Waals surface area contributed by atoms with Gasteiger partial charge < -0.3 is 9.67 Å². The van der Waals surface area contributed by atoms with E-state index in [0.717, 1.165) is 22.4 Å². The molecule has 0 saturated heterocycles. The normalized spacial score (nSPS) is 11.4. The number of benzene rings is 2. The molecule has 24 heavy (non-hydrogen) atoms. The first-order valence-electron chi connectivity index (χ1n) is 8.17. The molecule has 2 aromatic carbocycles. The number of carboxylic acids is 1. The second-order valence-electron chi connectivity index (χ2n) is 6.60. The molecule has 4 nitrogen and oxygen atoms in total. The molecule has 0 aliphatic heterocycles. The number of nitrogens with zero attached hydrogens (tertiary/aromatic N) is 2. The summed E-state index contributed by atoms with van der Waals surface area (Å²) in [6, 6.07) is 11.4. The quantitative estimate of drug-likeness (QED) is 0.768. The highest BCUT2D eigenvalue weighted by Crippen LogP contribution is 2.26. The van der Waals surface area contributed by atoms with E-state index in [2.05, 4.69) is 44.4 Å². The first kappa shape index (κ1) is 16.2. The van der Waals surface area contributed by atoms with Crippen molar-refractivity contribution >= 4 is 17.0 Å². The Hall–Kier alpha value is -2.62. The minimum atomic E-state index is -0.895. The van der Waals surface area contributed by atoms with E-state index < -0.39 is 5.97 Å². The van der Waals surface area contributed by atoms with Gasteiger partial charge in [-0.25, -0.2) is 9.78 Å². The summed E-state index contributed by atoms with van der Waals surface area (Å²) in [5.74, 6) is 0.346. The van der Waals surface area contributed by atoms with Gasteiger partial charge in [-0.1, -0.05) is 32.0 Å². The molecule has 3 rings (SSSR count). The van der Waals surface area contributed by atoms with Crippen LogP contribution in [0.15, 0.2) is 36.4 Å². The van der Waals surface area contributed by atoms with Crippen molar-refractivity contribution in [2.75, 3.05) is 0 Å². The molecule has 0 radical (unpaired) electrons. The lowest BCUT2D eigenvalue weighted by atomic mass is 10.1. The van der Waals surface area contributed by atoms with Crippen molar-refractivity contribution in [1.82, 2.24) is 9.55 Å². The van der Waals surface area contributed by atoms with E-state index in [4.69, 9.17) is 4.98 Å². The Labute approximate surface area is 141 Å². The third-order valence-electron chi connectivity index (χ3n) is 4.49. The van der Waals surface area contributed by atoms with Gasteiger partial charge >= 0.3 is 5.97 Å². The standard InChI is InChI=1S/C20H22N2O2/c1-12(2)19-21-17-9-13(3)14(4)10-18(17)22(19)11-15-7-5-6-8-16(15)20(23)24/h5-10,12H,11H2,1-4H3,(H,23,24). The van der Waals surface area contributed by atoms with Crippen molar-refractivity contribution in [3.8, 4) is 0 Å². The molecular formula is C20H22N2O2. The number of hydrogen-bond donors (Lipinski definition) is 1. The molecule has 0 atom stereocenters. The molecule has 0 saturated carbocycles. The second-order valence-corrected chi connectivity index (χ2v) is 6.60. The minimum Gasteiger partial charge on any atom is -0.478 e. The molecule has 0 aliphatic carbocycles. The van der Waals surface area contributed by atoms with Crippen molar-refractivity contribution < 1.29 is 9.90 Å². The molecule has 4 heteroatoms. The van der Waals surface area contributed by atoms with E-state index in [1.54, 1.807) is 12.1 Å². The van der Waals surface area contributed by atoms with E-state index in [-0.39, 0.29) is 5.92 Å². The predicted octanol–water partition coefficient (Wildman–Crippen LogP) is 4.52. The van der Waals surface area contributed by atoms with Gasteiger partial charge in [-0.2, -0.15) is 0 Å². The number of aromatic nitrogens is 2. The largest absolute Gasteiger partial charge is 0.478 e. The van der Waals surface area contributed by atoms with Gasteiger partial charge in [0.1, 0.15) is 5.82 Å². The predicted molar refractivity (Wildman–Crippen MR) is 95.8 cm³/mol. The van der Waals surface area contributed by atoms with Gasteiger partial charge in [0.25, 0.3) is 0 Å². The maximum atomic E-state index is 11.5. The number of carbonyl (C=O) groups is 1. The highest BCUT2D eigenvalue weighted by molar-refractivity contribution is 5.89. The average molecular weight is 322 g/mol. The third-order valence-corrected chi connectivity index (χ3v) is 4.49. The van der Waals surface area contributed by atoms with Crippen LogP contribution in [0.25, 0.3) is 11.0 Å². The van der Waals surface area contributed by atoms with Crippen LogP contribution in [0, 0.1) is 13.8 Å². The van der Waals surface area contributed by atoms with Gasteiger partial charge in [0, 0.05) is 5.92 Å². The highest BCUT2D eigenvalue weighted by Gasteiger charge is 2.17. The smallest absolute Gasteiger partial charge is 0.336 e. The number of aromatic carboxylic acids is 1. The number of rotatable bonds is 4. The van der Waals surface area contributed by atoms with E-state index in [9.17, 15) is 9.90 Å². The van der Waals surface area contributed by atoms with Crippen molar-refractivity contribution in [2.24, 2.45) is 0 Å². The Balaban J connectivity index is 2.20. The zero-order chi connectivity index (χ0) is 17.4. The Morgan fingerprint density at radius 2 is 1.83 bits per heavy atom. The summed E-state index contributed by atoms with van der Waals surface area (Å²) < 4.78 is 2.15. The van der Waals surface area contributed by atoms with Crippen LogP contribution >= 0.6 is 0 Å². The number of imidazole rings is 1. The first-order valence-corrected chi connectivity index (χ1v) is 8.17. The fourth-order valence-electron chi connectivity index (χ4n) is 3.04. The summed E-state index contributed by atoms with van der Waals surface area (Å²) in [5, 5.41) is 9.44. The van der Waals surface area contributed by atoms with Gasteiger partial charge in [-0.05, 0) is 48.7 Å². The molecule has 0 aliphatic rings. The van der Waals surface area contributed by atoms with Crippen molar-refractivity contribution in [1.29, 1.82) is 0 Å². The van der Waals surface area contributed by atoms with Gasteiger partial charge in [0.2, 0.25) is 0 Å². The summed E-state index contributed by atoms with van der Waals surface area (Å²) in [7, 11) is 0. The lowest BCUT2D eigenvalue weighted by Gasteiger charge is -2.13. The van der Waals surface area contributed by atoms with E-state index in [1.807, 2.05) is 12.1 Å². The third kappa shape index (κ3) is 2.80. The van der Waals surface area contributed by atoms with Gasteiger partial charge in [-0.3, -0.25) is 0 Å². The van der Waals surface area contributed by atoms with E-state index in [1.165, 1.54) is 11.1 Å². The second kappa shape index (κ2) is 6.11. The number of fused-ring (bicyclic) bond motifs is 1. The summed E-state index contributed by atoms with van der Waals surface area (Å²) in [6.45, 7) is 8.91. The van der Waals surface area contributed by atoms with E-state index >= 15 is 0 Å². The minimum absolute atomic E-state index is 0.259.